The summed E-state index contributed by atoms with van der Waals surface area (Å²) in [5, 5.41) is 14.7. The SMILES string of the molecule is O=C(Nc1nccs1)c1cc(Cl)ccc1O. The Morgan fingerprint density at radius 1 is 1.50 bits per heavy atom. The van der Waals surface area contributed by atoms with Gasteiger partial charge < -0.3 is 5.11 Å². The maximum atomic E-state index is 11.7. The molecule has 0 aliphatic carbocycles. The molecular formula is C10H7ClN2O2S. The van der Waals surface area contributed by atoms with E-state index in [4.69, 9.17) is 11.6 Å². The van der Waals surface area contributed by atoms with E-state index in [2.05, 4.69) is 10.3 Å². The highest BCUT2D eigenvalue weighted by Crippen LogP contribution is 2.22. The Labute approximate surface area is 101 Å². The Bertz CT molecular complexity index is 514. The summed E-state index contributed by atoms with van der Waals surface area (Å²) in [4.78, 5) is 15.6. The molecule has 1 aromatic heterocycles. The maximum Gasteiger partial charge on any atom is 0.261 e. The monoisotopic (exact) mass is 254 g/mol. The van der Waals surface area contributed by atoms with Gasteiger partial charge in [0, 0.05) is 16.6 Å². The number of hydrogen-bond donors (Lipinski definition) is 2. The number of nitrogens with zero attached hydrogens (tertiary/aromatic N) is 1. The van der Waals surface area contributed by atoms with Gasteiger partial charge in [0.1, 0.15) is 5.75 Å². The fourth-order valence-electron chi connectivity index (χ4n) is 1.14. The smallest absolute Gasteiger partial charge is 0.261 e. The molecule has 0 aliphatic heterocycles. The Hall–Kier alpha value is -1.59. The lowest BCUT2D eigenvalue weighted by Crippen LogP contribution is -2.11. The van der Waals surface area contributed by atoms with Gasteiger partial charge in [-0.2, -0.15) is 0 Å². The van der Waals surface area contributed by atoms with E-state index in [1.807, 2.05) is 0 Å². The first kappa shape index (κ1) is 10.9. The number of rotatable bonds is 2. The van der Waals surface area contributed by atoms with Crippen molar-refractivity contribution in [2.45, 2.75) is 0 Å². The number of nitrogens with one attached hydrogen (secondary N) is 1. The standard InChI is InChI=1S/C10H7ClN2O2S/c11-6-1-2-8(14)7(5-6)9(15)13-10-12-3-4-16-10/h1-5,14H,(H,12,13,15). The molecule has 2 N–H and O–H groups in total. The van der Waals surface area contributed by atoms with Crippen LogP contribution in [0.3, 0.4) is 0 Å². The summed E-state index contributed by atoms with van der Waals surface area (Å²) in [5.74, 6) is -0.548. The summed E-state index contributed by atoms with van der Waals surface area (Å²) in [6.45, 7) is 0. The highest BCUT2D eigenvalue weighted by atomic mass is 35.5. The van der Waals surface area contributed by atoms with Crippen LogP contribution in [0.4, 0.5) is 5.13 Å². The summed E-state index contributed by atoms with van der Waals surface area (Å²) in [6.07, 6.45) is 1.58. The second kappa shape index (κ2) is 4.51. The summed E-state index contributed by atoms with van der Waals surface area (Å²) >= 11 is 7.04. The van der Waals surface area contributed by atoms with Crippen LogP contribution in [0.1, 0.15) is 10.4 Å². The Kier molecular flexibility index (Phi) is 3.07. The second-order valence-electron chi connectivity index (χ2n) is 2.95. The molecule has 2 aromatic rings. The van der Waals surface area contributed by atoms with Crippen LogP contribution in [0, 0.1) is 0 Å². The molecule has 0 saturated carbocycles. The first-order valence-corrected chi connectivity index (χ1v) is 5.62. The zero-order valence-electron chi connectivity index (χ0n) is 7.98. The minimum atomic E-state index is -0.435. The van der Waals surface area contributed by atoms with Crippen molar-refractivity contribution < 1.29 is 9.90 Å². The van der Waals surface area contributed by atoms with Crippen molar-refractivity contribution >= 4 is 34.0 Å². The van der Waals surface area contributed by atoms with E-state index in [0.717, 1.165) is 0 Å². The molecule has 0 spiro atoms. The highest BCUT2D eigenvalue weighted by molar-refractivity contribution is 7.13. The van der Waals surface area contributed by atoms with Crippen LogP contribution in [0.2, 0.25) is 5.02 Å². The van der Waals surface area contributed by atoms with E-state index in [1.165, 1.54) is 29.5 Å². The molecule has 0 fully saturated rings. The van der Waals surface area contributed by atoms with Gasteiger partial charge in [-0.3, -0.25) is 10.1 Å². The van der Waals surface area contributed by atoms with Gasteiger partial charge in [-0.05, 0) is 18.2 Å². The summed E-state index contributed by atoms with van der Waals surface area (Å²) < 4.78 is 0. The average molecular weight is 255 g/mol. The molecular weight excluding hydrogens is 248 g/mol. The molecule has 2 rings (SSSR count). The molecule has 6 heteroatoms. The molecule has 0 bridgehead atoms. The molecule has 16 heavy (non-hydrogen) atoms. The van der Waals surface area contributed by atoms with Crippen LogP contribution in [0.5, 0.6) is 5.75 Å². The van der Waals surface area contributed by atoms with Crippen molar-refractivity contribution in [2.75, 3.05) is 5.32 Å². The van der Waals surface area contributed by atoms with Gasteiger partial charge in [0.05, 0.1) is 5.56 Å². The number of carbonyl (C=O) groups is 1. The van der Waals surface area contributed by atoms with E-state index in [0.29, 0.717) is 10.2 Å². The molecule has 1 amide bonds. The topological polar surface area (TPSA) is 62.2 Å². The number of aromatic hydroxyl groups is 1. The number of phenolic OH excluding ortho intramolecular Hbond substituents is 1. The van der Waals surface area contributed by atoms with E-state index in [9.17, 15) is 9.90 Å². The quantitative estimate of drug-likeness (QED) is 0.866. The third-order valence-corrected chi connectivity index (χ3v) is 2.78. The number of thiazole rings is 1. The Morgan fingerprint density at radius 2 is 2.31 bits per heavy atom. The van der Waals surface area contributed by atoms with E-state index < -0.39 is 5.91 Å². The first-order valence-electron chi connectivity index (χ1n) is 4.36. The summed E-state index contributed by atoms with van der Waals surface area (Å²) in [6, 6.07) is 4.29. The summed E-state index contributed by atoms with van der Waals surface area (Å²) in [5.41, 5.74) is 0.128. The molecule has 0 saturated heterocycles. The number of hydrogen-bond acceptors (Lipinski definition) is 4. The molecule has 82 valence electrons. The molecule has 0 aliphatic rings. The van der Waals surface area contributed by atoms with Gasteiger partial charge >= 0.3 is 0 Å². The molecule has 1 heterocycles. The second-order valence-corrected chi connectivity index (χ2v) is 4.28. The van der Waals surface area contributed by atoms with E-state index in [-0.39, 0.29) is 11.3 Å². The van der Waals surface area contributed by atoms with Crippen LogP contribution in [0.25, 0.3) is 0 Å². The van der Waals surface area contributed by atoms with Gasteiger partial charge in [-0.25, -0.2) is 4.98 Å². The number of halogens is 1. The average Bonchev–Trinajstić information content (AvgIpc) is 2.74. The highest BCUT2D eigenvalue weighted by Gasteiger charge is 2.12. The van der Waals surface area contributed by atoms with Gasteiger partial charge in [-0.15, -0.1) is 11.3 Å². The zero-order chi connectivity index (χ0) is 11.5. The number of phenols is 1. The Balaban J connectivity index is 2.24. The molecule has 4 nitrogen and oxygen atoms in total. The van der Waals surface area contributed by atoms with Gasteiger partial charge in [0.2, 0.25) is 0 Å². The third kappa shape index (κ3) is 2.32. The predicted molar refractivity (Wildman–Crippen MR) is 63.2 cm³/mol. The van der Waals surface area contributed by atoms with Crippen molar-refractivity contribution in [3.8, 4) is 5.75 Å². The first-order chi connectivity index (χ1) is 7.66. The molecule has 0 atom stereocenters. The normalized spacial score (nSPS) is 10.1. The maximum absolute atomic E-state index is 11.7. The number of aromatic nitrogens is 1. The lowest BCUT2D eigenvalue weighted by Gasteiger charge is -2.04. The van der Waals surface area contributed by atoms with Crippen molar-refractivity contribution in [1.29, 1.82) is 0 Å². The molecule has 1 aromatic carbocycles. The number of anilines is 1. The molecule has 0 unspecified atom stereocenters. The largest absolute Gasteiger partial charge is 0.507 e. The minimum absolute atomic E-state index is 0.113. The van der Waals surface area contributed by atoms with Crippen LogP contribution in [-0.2, 0) is 0 Å². The zero-order valence-corrected chi connectivity index (χ0v) is 9.55. The number of carbonyl (C=O) groups excluding carboxylic acids is 1. The number of amides is 1. The summed E-state index contributed by atoms with van der Waals surface area (Å²) in [7, 11) is 0. The van der Waals surface area contributed by atoms with Crippen LogP contribution < -0.4 is 5.32 Å². The lowest BCUT2D eigenvalue weighted by molar-refractivity contribution is 0.102. The van der Waals surface area contributed by atoms with Gasteiger partial charge in [0.25, 0.3) is 5.91 Å². The third-order valence-electron chi connectivity index (χ3n) is 1.86. The van der Waals surface area contributed by atoms with Gasteiger partial charge in [0.15, 0.2) is 5.13 Å². The van der Waals surface area contributed by atoms with Crippen molar-refractivity contribution in [2.24, 2.45) is 0 Å². The predicted octanol–water partition coefficient (Wildman–Crippen LogP) is 2.75. The fourth-order valence-corrected chi connectivity index (χ4v) is 1.84. The van der Waals surface area contributed by atoms with Crippen LogP contribution in [-0.4, -0.2) is 16.0 Å². The minimum Gasteiger partial charge on any atom is -0.507 e. The fraction of sp³-hybridized carbons (Fsp3) is 0. The van der Waals surface area contributed by atoms with Crippen molar-refractivity contribution in [1.82, 2.24) is 4.98 Å². The van der Waals surface area contributed by atoms with E-state index in [1.54, 1.807) is 11.6 Å². The Morgan fingerprint density at radius 3 is 3.00 bits per heavy atom. The van der Waals surface area contributed by atoms with Crippen molar-refractivity contribution in [3.05, 3.63) is 40.4 Å². The molecule has 0 radical (unpaired) electrons. The van der Waals surface area contributed by atoms with E-state index >= 15 is 0 Å². The van der Waals surface area contributed by atoms with Gasteiger partial charge in [-0.1, -0.05) is 11.6 Å². The number of benzene rings is 1. The van der Waals surface area contributed by atoms with Crippen LogP contribution >= 0.6 is 22.9 Å². The lowest BCUT2D eigenvalue weighted by atomic mass is 10.2. The van der Waals surface area contributed by atoms with Crippen molar-refractivity contribution in [3.63, 3.8) is 0 Å². The van der Waals surface area contributed by atoms with Crippen LogP contribution in [0.15, 0.2) is 29.8 Å².